The van der Waals surface area contributed by atoms with Crippen LogP contribution in [-0.2, 0) is 17.8 Å². The Morgan fingerprint density at radius 3 is 2.65 bits per heavy atom. The van der Waals surface area contributed by atoms with Gasteiger partial charge in [-0.25, -0.2) is 15.0 Å². The summed E-state index contributed by atoms with van der Waals surface area (Å²) in [7, 11) is 3.19. The van der Waals surface area contributed by atoms with Crippen LogP contribution in [0.5, 0.6) is 5.88 Å². The number of halogens is 1. The Labute approximate surface area is 125 Å². The van der Waals surface area contributed by atoms with Crippen LogP contribution in [0.15, 0.2) is 22.8 Å². The van der Waals surface area contributed by atoms with Gasteiger partial charge in [0.15, 0.2) is 0 Å². The summed E-state index contributed by atoms with van der Waals surface area (Å²) in [6.07, 6.45) is 2.28. The highest BCUT2D eigenvalue weighted by Crippen LogP contribution is 2.22. The fraction of sp³-hybridized carbons (Fsp3) is 0.308. The molecule has 0 bridgehead atoms. The highest BCUT2D eigenvalue weighted by atomic mass is 79.9. The second-order valence-electron chi connectivity index (χ2n) is 4.10. The summed E-state index contributed by atoms with van der Waals surface area (Å²) in [5.74, 6) is 1.61. The van der Waals surface area contributed by atoms with Crippen molar-refractivity contribution in [2.24, 2.45) is 0 Å². The van der Waals surface area contributed by atoms with Crippen LogP contribution in [0.25, 0.3) is 0 Å². The molecule has 2 aromatic rings. The third-order valence-corrected chi connectivity index (χ3v) is 3.51. The molecule has 0 radical (unpaired) electrons. The molecule has 2 heterocycles. The molecule has 0 unspecified atom stereocenters. The van der Waals surface area contributed by atoms with Gasteiger partial charge in [-0.2, -0.15) is 0 Å². The van der Waals surface area contributed by atoms with Crippen LogP contribution in [0.2, 0.25) is 0 Å². The summed E-state index contributed by atoms with van der Waals surface area (Å²) in [5.41, 5.74) is 7.58. The number of aromatic nitrogens is 3. The Hall–Kier alpha value is -1.73. The minimum Gasteiger partial charge on any atom is -0.481 e. The molecule has 2 aromatic heterocycles. The van der Waals surface area contributed by atoms with E-state index in [2.05, 4.69) is 30.9 Å². The van der Waals surface area contributed by atoms with Crippen molar-refractivity contribution in [1.29, 1.82) is 0 Å². The predicted octanol–water partition coefficient (Wildman–Crippen LogP) is 1.96. The van der Waals surface area contributed by atoms with Crippen molar-refractivity contribution in [2.45, 2.75) is 13.0 Å². The van der Waals surface area contributed by atoms with Crippen LogP contribution < -0.4 is 10.5 Å². The van der Waals surface area contributed by atoms with E-state index in [0.717, 1.165) is 11.3 Å². The molecule has 0 amide bonds. The number of rotatable bonds is 5. The van der Waals surface area contributed by atoms with Crippen molar-refractivity contribution in [3.63, 3.8) is 0 Å². The summed E-state index contributed by atoms with van der Waals surface area (Å²) in [6, 6.07) is 3.72. The van der Waals surface area contributed by atoms with Gasteiger partial charge < -0.3 is 15.2 Å². The lowest BCUT2D eigenvalue weighted by molar-refractivity contribution is 0.180. The zero-order chi connectivity index (χ0) is 14.5. The number of hydrogen-bond acceptors (Lipinski definition) is 6. The van der Waals surface area contributed by atoms with E-state index >= 15 is 0 Å². The van der Waals surface area contributed by atoms with Gasteiger partial charge in [0, 0.05) is 25.8 Å². The second-order valence-corrected chi connectivity index (χ2v) is 4.90. The lowest BCUT2D eigenvalue weighted by atomic mass is 10.2. The lowest BCUT2D eigenvalue weighted by Gasteiger charge is -2.08. The van der Waals surface area contributed by atoms with E-state index in [1.54, 1.807) is 26.5 Å². The number of hydrogen-bond donors (Lipinski definition) is 1. The topological polar surface area (TPSA) is 83.2 Å². The molecule has 0 aliphatic rings. The molecule has 0 fully saturated rings. The zero-order valence-corrected chi connectivity index (χ0v) is 12.8. The molecule has 0 saturated heterocycles. The van der Waals surface area contributed by atoms with E-state index in [1.165, 1.54) is 0 Å². The van der Waals surface area contributed by atoms with Gasteiger partial charge in [0.25, 0.3) is 0 Å². The Kier molecular flexibility index (Phi) is 4.86. The number of nitrogen functional groups attached to an aromatic ring is 1. The lowest BCUT2D eigenvalue weighted by Crippen LogP contribution is -2.07. The van der Waals surface area contributed by atoms with Crippen molar-refractivity contribution < 1.29 is 9.47 Å². The Bertz CT molecular complexity index is 590. The van der Waals surface area contributed by atoms with E-state index in [1.807, 2.05) is 6.07 Å². The first kappa shape index (κ1) is 14.7. The van der Waals surface area contributed by atoms with Gasteiger partial charge in [0.2, 0.25) is 5.88 Å². The van der Waals surface area contributed by atoms with Crippen molar-refractivity contribution >= 4 is 21.7 Å². The minimum absolute atomic E-state index is 0.376. The minimum atomic E-state index is 0.376. The molecule has 7 heteroatoms. The van der Waals surface area contributed by atoms with E-state index in [9.17, 15) is 0 Å². The number of methoxy groups -OCH3 is 2. The number of pyridine rings is 1. The van der Waals surface area contributed by atoms with Crippen LogP contribution in [0, 0.1) is 0 Å². The maximum atomic E-state index is 5.86. The SMILES string of the molecule is COCc1nc(Cc2ccc(OC)nc2)nc(N)c1Br. The first-order chi connectivity index (χ1) is 9.63. The fourth-order valence-electron chi connectivity index (χ4n) is 1.70. The van der Waals surface area contributed by atoms with Gasteiger partial charge in [-0.15, -0.1) is 0 Å². The van der Waals surface area contributed by atoms with Gasteiger partial charge in [-0.1, -0.05) is 6.07 Å². The molecular weight excluding hydrogens is 324 g/mol. The molecule has 2 N–H and O–H groups in total. The maximum absolute atomic E-state index is 5.86. The van der Waals surface area contributed by atoms with Gasteiger partial charge in [-0.05, 0) is 21.5 Å². The third-order valence-electron chi connectivity index (χ3n) is 2.64. The van der Waals surface area contributed by atoms with Crippen molar-refractivity contribution in [2.75, 3.05) is 20.0 Å². The van der Waals surface area contributed by atoms with Gasteiger partial charge >= 0.3 is 0 Å². The number of ether oxygens (including phenoxy) is 2. The zero-order valence-electron chi connectivity index (χ0n) is 11.3. The molecule has 6 nitrogen and oxygen atoms in total. The highest BCUT2D eigenvalue weighted by Gasteiger charge is 2.10. The van der Waals surface area contributed by atoms with E-state index in [-0.39, 0.29) is 0 Å². The molecule has 2 rings (SSSR count). The molecule has 0 atom stereocenters. The van der Waals surface area contributed by atoms with E-state index < -0.39 is 0 Å². The summed E-state index contributed by atoms with van der Waals surface area (Å²) < 4.78 is 10.8. The second kappa shape index (κ2) is 6.62. The first-order valence-corrected chi connectivity index (χ1v) is 6.72. The molecule has 20 heavy (non-hydrogen) atoms. The van der Waals surface area contributed by atoms with Crippen molar-refractivity contribution in [1.82, 2.24) is 15.0 Å². The summed E-state index contributed by atoms with van der Waals surface area (Å²) in [5, 5.41) is 0. The van der Waals surface area contributed by atoms with E-state index in [4.69, 9.17) is 15.2 Å². The molecule has 0 aliphatic carbocycles. The summed E-state index contributed by atoms with van der Waals surface area (Å²) in [4.78, 5) is 12.8. The smallest absolute Gasteiger partial charge is 0.212 e. The van der Waals surface area contributed by atoms with Crippen LogP contribution >= 0.6 is 15.9 Å². The molecule has 0 aromatic carbocycles. The highest BCUT2D eigenvalue weighted by molar-refractivity contribution is 9.10. The average Bonchev–Trinajstić information content (AvgIpc) is 2.45. The largest absolute Gasteiger partial charge is 0.481 e. The Balaban J connectivity index is 2.23. The van der Waals surface area contributed by atoms with Crippen LogP contribution in [-0.4, -0.2) is 29.2 Å². The molecule has 106 valence electrons. The van der Waals surface area contributed by atoms with Gasteiger partial charge in [-0.3, -0.25) is 0 Å². The van der Waals surface area contributed by atoms with E-state index in [0.29, 0.717) is 35.0 Å². The quantitative estimate of drug-likeness (QED) is 0.897. The number of nitrogens with two attached hydrogens (primary N) is 1. The third kappa shape index (κ3) is 3.43. The number of anilines is 1. The fourth-order valence-corrected chi connectivity index (χ4v) is 1.99. The standard InChI is InChI=1S/C13H15BrN4O2/c1-19-7-9-12(14)13(15)18-10(17-9)5-8-3-4-11(20-2)16-6-8/h3-4,6H,5,7H2,1-2H3,(H2,15,17,18). The van der Waals surface area contributed by atoms with Gasteiger partial charge in [0.05, 0.1) is 23.9 Å². The molecule has 0 saturated carbocycles. The van der Waals surface area contributed by atoms with Crippen molar-refractivity contribution in [3.05, 3.63) is 39.9 Å². The predicted molar refractivity (Wildman–Crippen MR) is 78.5 cm³/mol. The van der Waals surface area contributed by atoms with Crippen LogP contribution in [0.4, 0.5) is 5.82 Å². The normalized spacial score (nSPS) is 10.6. The van der Waals surface area contributed by atoms with Gasteiger partial charge in [0.1, 0.15) is 11.6 Å². The van der Waals surface area contributed by atoms with Crippen LogP contribution in [0.3, 0.4) is 0 Å². The van der Waals surface area contributed by atoms with Crippen molar-refractivity contribution in [3.8, 4) is 5.88 Å². The Morgan fingerprint density at radius 1 is 1.25 bits per heavy atom. The maximum Gasteiger partial charge on any atom is 0.212 e. The Morgan fingerprint density at radius 2 is 2.05 bits per heavy atom. The monoisotopic (exact) mass is 338 g/mol. The van der Waals surface area contributed by atoms with Crippen LogP contribution in [0.1, 0.15) is 17.1 Å². The summed E-state index contributed by atoms with van der Waals surface area (Å²) >= 11 is 3.36. The first-order valence-electron chi connectivity index (χ1n) is 5.92. The average molecular weight is 339 g/mol. The number of nitrogens with zero attached hydrogens (tertiary/aromatic N) is 3. The summed E-state index contributed by atoms with van der Waals surface area (Å²) in [6.45, 7) is 0.376. The molecule has 0 spiro atoms. The molecule has 0 aliphatic heterocycles. The molecular formula is C13H15BrN4O2.